The Labute approximate surface area is 158 Å². The standard InChI is InChI=1S/C17H14ClF3NO4P/c1-24-27(2,23)10-25-16-8-13(5-3-11(16)9-22)26-15-6-4-12(7-14(15)18)17(19,20)21/h3-8H,10H2,1-2H3. The zero-order valence-corrected chi connectivity index (χ0v) is 15.9. The first-order valence-electron chi connectivity index (χ1n) is 7.39. The Hall–Kier alpha value is -2.20. The summed E-state index contributed by atoms with van der Waals surface area (Å²) in [5, 5.41) is 8.91. The van der Waals surface area contributed by atoms with Crippen molar-refractivity contribution in [3.05, 3.63) is 52.5 Å². The highest BCUT2D eigenvalue weighted by Gasteiger charge is 2.31. The summed E-state index contributed by atoms with van der Waals surface area (Å²) in [7, 11) is -1.70. The quantitative estimate of drug-likeness (QED) is 0.544. The monoisotopic (exact) mass is 419 g/mol. The van der Waals surface area contributed by atoms with Crippen molar-refractivity contribution >= 4 is 19.0 Å². The summed E-state index contributed by atoms with van der Waals surface area (Å²) in [4.78, 5) is 0. The molecule has 2 aromatic rings. The molecule has 0 N–H and O–H groups in total. The van der Waals surface area contributed by atoms with Crippen LogP contribution in [-0.2, 0) is 15.3 Å². The van der Waals surface area contributed by atoms with Crippen molar-refractivity contribution in [1.82, 2.24) is 0 Å². The van der Waals surface area contributed by atoms with Crippen molar-refractivity contribution < 1.29 is 31.7 Å². The van der Waals surface area contributed by atoms with Crippen LogP contribution in [0.25, 0.3) is 0 Å². The summed E-state index contributed by atoms with van der Waals surface area (Å²) in [5.74, 6) is 0.268. The number of ether oxygens (including phenoxy) is 2. The number of hydrogen-bond acceptors (Lipinski definition) is 5. The van der Waals surface area contributed by atoms with E-state index >= 15 is 0 Å². The molecule has 0 fully saturated rings. The van der Waals surface area contributed by atoms with E-state index in [4.69, 9.17) is 30.9 Å². The number of alkyl halides is 3. The first-order valence-corrected chi connectivity index (χ1v) is 10.0. The van der Waals surface area contributed by atoms with Gasteiger partial charge in [0.1, 0.15) is 23.3 Å². The van der Waals surface area contributed by atoms with Gasteiger partial charge in [-0.25, -0.2) is 0 Å². The van der Waals surface area contributed by atoms with Gasteiger partial charge >= 0.3 is 6.18 Å². The Bertz CT molecular complexity index is 927. The maximum absolute atomic E-state index is 12.7. The van der Waals surface area contributed by atoms with Crippen LogP contribution in [0.4, 0.5) is 13.2 Å². The molecule has 2 aromatic carbocycles. The molecular formula is C17H14ClF3NO4P. The molecule has 0 bridgehead atoms. The van der Waals surface area contributed by atoms with Crippen LogP contribution in [0.3, 0.4) is 0 Å². The van der Waals surface area contributed by atoms with Gasteiger partial charge < -0.3 is 14.0 Å². The Morgan fingerprint density at radius 3 is 2.44 bits per heavy atom. The first kappa shape index (κ1) is 21.1. The molecule has 10 heteroatoms. The van der Waals surface area contributed by atoms with Gasteiger partial charge in [0, 0.05) is 19.8 Å². The number of benzene rings is 2. The average molecular weight is 420 g/mol. The Balaban J connectivity index is 2.26. The van der Waals surface area contributed by atoms with Crippen LogP contribution in [0.2, 0.25) is 5.02 Å². The third-order valence-corrected chi connectivity index (χ3v) is 5.07. The highest BCUT2D eigenvalue weighted by Crippen LogP contribution is 2.42. The molecule has 144 valence electrons. The van der Waals surface area contributed by atoms with E-state index in [1.807, 2.05) is 6.07 Å². The van der Waals surface area contributed by atoms with E-state index in [0.29, 0.717) is 0 Å². The fraction of sp³-hybridized carbons (Fsp3) is 0.235. The molecule has 0 aliphatic carbocycles. The highest BCUT2D eigenvalue weighted by molar-refractivity contribution is 7.57. The van der Waals surface area contributed by atoms with Crippen LogP contribution < -0.4 is 9.47 Å². The summed E-state index contributed by atoms with van der Waals surface area (Å²) >= 11 is 5.86. The molecule has 1 unspecified atom stereocenters. The van der Waals surface area contributed by atoms with Crippen LogP contribution >= 0.6 is 19.0 Å². The Morgan fingerprint density at radius 2 is 1.89 bits per heavy atom. The lowest BCUT2D eigenvalue weighted by atomic mass is 10.2. The lowest BCUT2D eigenvalue weighted by Gasteiger charge is -2.15. The van der Waals surface area contributed by atoms with Crippen LogP contribution in [0.1, 0.15) is 11.1 Å². The maximum atomic E-state index is 12.7. The number of nitrogens with zero attached hydrogens (tertiary/aromatic N) is 1. The fourth-order valence-corrected chi connectivity index (χ4v) is 2.60. The molecule has 0 heterocycles. The van der Waals surface area contributed by atoms with Crippen LogP contribution in [0.15, 0.2) is 36.4 Å². The number of halogens is 4. The van der Waals surface area contributed by atoms with Gasteiger partial charge in [0.2, 0.25) is 7.37 Å². The molecular weight excluding hydrogens is 406 g/mol. The van der Waals surface area contributed by atoms with Crippen molar-refractivity contribution in [2.24, 2.45) is 0 Å². The molecule has 1 atom stereocenters. The van der Waals surface area contributed by atoms with E-state index in [1.165, 1.54) is 32.0 Å². The molecule has 5 nitrogen and oxygen atoms in total. The average Bonchev–Trinajstić information content (AvgIpc) is 2.61. The van der Waals surface area contributed by atoms with Crippen LogP contribution in [0, 0.1) is 11.3 Å². The zero-order chi connectivity index (χ0) is 20.2. The second-order valence-corrected chi connectivity index (χ2v) is 8.54. The zero-order valence-electron chi connectivity index (χ0n) is 14.2. The van der Waals surface area contributed by atoms with E-state index < -0.39 is 19.1 Å². The third kappa shape index (κ3) is 5.64. The minimum absolute atomic E-state index is 0.00150. The summed E-state index contributed by atoms with van der Waals surface area (Å²) in [6.45, 7) is 1.38. The molecule has 2 rings (SSSR count). The fourth-order valence-electron chi connectivity index (χ4n) is 1.90. The van der Waals surface area contributed by atoms with Gasteiger partial charge in [-0.05, 0) is 30.3 Å². The molecule has 0 aromatic heterocycles. The van der Waals surface area contributed by atoms with Crippen molar-refractivity contribution in [2.75, 3.05) is 20.1 Å². The van der Waals surface area contributed by atoms with E-state index in [1.54, 1.807) is 0 Å². The topological polar surface area (TPSA) is 68.6 Å². The van der Waals surface area contributed by atoms with E-state index in [0.717, 1.165) is 18.2 Å². The molecule has 0 saturated carbocycles. The molecule has 0 saturated heterocycles. The summed E-state index contributed by atoms with van der Waals surface area (Å²) in [6.07, 6.45) is -4.78. The maximum Gasteiger partial charge on any atom is 0.416 e. The van der Waals surface area contributed by atoms with E-state index in [-0.39, 0.29) is 34.2 Å². The Morgan fingerprint density at radius 1 is 1.19 bits per heavy atom. The SMILES string of the molecule is COP(C)(=O)COc1cc(Oc2ccc(C(F)(F)F)cc2Cl)ccc1C#N. The van der Waals surface area contributed by atoms with Crippen LogP contribution in [-0.4, -0.2) is 20.1 Å². The molecule has 0 radical (unpaired) electrons. The van der Waals surface area contributed by atoms with Crippen molar-refractivity contribution in [1.29, 1.82) is 5.26 Å². The van der Waals surface area contributed by atoms with E-state index in [9.17, 15) is 17.7 Å². The van der Waals surface area contributed by atoms with Crippen molar-refractivity contribution in [2.45, 2.75) is 6.18 Å². The Kier molecular flexibility index (Phi) is 6.42. The molecule has 0 amide bonds. The molecule has 27 heavy (non-hydrogen) atoms. The van der Waals surface area contributed by atoms with Gasteiger partial charge in [-0.2, -0.15) is 18.4 Å². The van der Waals surface area contributed by atoms with Gasteiger partial charge in [-0.15, -0.1) is 0 Å². The molecule has 0 aliphatic heterocycles. The van der Waals surface area contributed by atoms with Gasteiger partial charge in [-0.3, -0.25) is 4.57 Å². The first-order chi connectivity index (χ1) is 12.6. The highest BCUT2D eigenvalue weighted by atomic mass is 35.5. The normalized spacial score (nSPS) is 13.5. The minimum Gasteiger partial charge on any atom is -0.482 e. The number of hydrogen-bond donors (Lipinski definition) is 0. The molecule has 0 spiro atoms. The second kappa shape index (κ2) is 8.22. The second-order valence-electron chi connectivity index (χ2n) is 5.48. The number of nitriles is 1. The lowest BCUT2D eigenvalue weighted by Crippen LogP contribution is -2.04. The van der Waals surface area contributed by atoms with Gasteiger partial charge in [0.25, 0.3) is 0 Å². The minimum atomic E-state index is -4.52. The van der Waals surface area contributed by atoms with Gasteiger partial charge in [-0.1, -0.05) is 11.6 Å². The third-order valence-electron chi connectivity index (χ3n) is 3.40. The van der Waals surface area contributed by atoms with Crippen molar-refractivity contribution in [3.8, 4) is 23.3 Å². The molecule has 0 aliphatic rings. The van der Waals surface area contributed by atoms with Gasteiger partial charge in [0.05, 0.1) is 16.1 Å². The van der Waals surface area contributed by atoms with Crippen molar-refractivity contribution in [3.63, 3.8) is 0 Å². The predicted octanol–water partition coefficient (Wildman–Crippen LogP) is 5.91. The predicted molar refractivity (Wildman–Crippen MR) is 93.7 cm³/mol. The lowest BCUT2D eigenvalue weighted by molar-refractivity contribution is -0.137. The largest absolute Gasteiger partial charge is 0.482 e. The smallest absolute Gasteiger partial charge is 0.416 e. The van der Waals surface area contributed by atoms with E-state index in [2.05, 4.69) is 0 Å². The summed E-state index contributed by atoms with van der Waals surface area (Å²) in [5.41, 5.74) is -0.737. The van der Waals surface area contributed by atoms with Crippen LogP contribution in [0.5, 0.6) is 17.2 Å². The number of rotatable bonds is 6. The summed E-state index contributed by atoms with van der Waals surface area (Å²) < 4.78 is 65.7. The summed E-state index contributed by atoms with van der Waals surface area (Å²) in [6, 6.07) is 8.78. The van der Waals surface area contributed by atoms with Gasteiger partial charge in [0.15, 0.2) is 6.35 Å².